The van der Waals surface area contributed by atoms with Gasteiger partial charge in [-0.05, 0) is 63.2 Å². The number of anilines is 1. The average Bonchev–Trinajstić information content (AvgIpc) is 3.16. The van der Waals surface area contributed by atoms with Crippen molar-refractivity contribution in [1.29, 1.82) is 0 Å². The van der Waals surface area contributed by atoms with E-state index >= 15 is 0 Å². The first kappa shape index (κ1) is 21.1. The van der Waals surface area contributed by atoms with Crippen LogP contribution in [0, 0.1) is 0 Å². The largest absolute Gasteiger partial charge is 0.303 e. The number of likely N-dealkylation sites (tertiary alicyclic amines) is 1. The molecule has 2 aromatic rings. The summed E-state index contributed by atoms with van der Waals surface area (Å²) in [5, 5.41) is 10.6. The van der Waals surface area contributed by atoms with Crippen LogP contribution in [0.3, 0.4) is 0 Å². The third-order valence-corrected chi connectivity index (χ3v) is 7.27. The van der Waals surface area contributed by atoms with E-state index in [0.29, 0.717) is 17.1 Å². The molecule has 0 spiro atoms. The quantitative estimate of drug-likeness (QED) is 0.480. The maximum absolute atomic E-state index is 12.3. The van der Waals surface area contributed by atoms with Gasteiger partial charge in [-0.1, -0.05) is 29.4 Å². The van der Waals surface area contributed by atoms with Gasteiger partial charge in [0, 0.05) is 17.1 Å². The fourth-order valence-corrected chi connectivity index (χ4v) is 5.03. The molecule has 8 nitrogen and oxygen atoms in total. The molecular formula is C17H22ClN5O3S2. The second-order valence-corrected chi connectivity index (χ2v) is 9.84. The predicted molar refractivity (Wildman–Crippen MR) is 109 cm³/mol. The molecule has 0 radical (unpaired) electrons. The van der Waals surface area contributed by atoms with Gasteiger partial charge >= 0.3 is 0 Å². The number of nitrogens with one attached hydrogen (secondary N) is 2. The topological polar surface area (TPSA) is 104 Å². The minimum atomic E-state index is -3.74. The van der Waals surface area contributed by atoms with Gasteiger partial charge in [0.05, 0.1) is 0 Å². The highest BCUT2D eigenvalue weighted by Gasteiger charge is 2.21. The summed E-state index contributed by atoms with van der Waals surface area (Å²) >= 11 is 6.61. The normalized spacial score (nSPS) is 15.5. The standard InChI is InChI=1S/C17H22ClN5O3S2/c18-14-7-5-13(6-8-14)15(24)20-16-21-22-17(27-16)28(25,26)19-9-4-12-23-10-2-1-3-11-23/h5-8,19H,1-4,9-12H2,(H,20,21,24). The number of benzene rings is 1. The minimum Gasteiger partial charge on any atom is -0.303 e. The van der Waals surface area contributed by atoms with Crippen molar-refractivity contribution in [2.45, 2.75) is 30.0 Å². The van der Waals surface area contributed by atoms with Crippen LogP contribution in [0.1, 0.15) is 36.0 Å². The SMILES string of the molecule is O=C(Nc1nnc(S(=O)(=O)NCCCN2CCCCC2)s1)c1ccc(Cl)cc1. The molecule has 2 N–H and O–H groups in total. The Kier molecular flexibility index (Phi) is 7.36. The molecule has 0 atom stereocenters. The van der Waals surface area contributed by atoms with Gasteiger partial charge in [0.2, 0.25) is 9.47 Å². The van der Waals surface area contributed by atoms with E-state index in [1.54, 1.807) is 24.3 Å². The Morgan fingerprint density at radius 2 is 1.86 bits per heavy atom. The molecule has 1 aliphatic rings. The fourth-order valence-electron chi connectivity index (χ4n) is 2.89. The molecule has 1 fully saturated rings. The highest BCUT2D eigenvalue weighted by Crippen LogP contribution is 2.21. The molecule has 1 aromatic heterocycles. The summed E-state index contributed by atoms with van der Waals surface area (Å²) in [5.41, 5.74) is 0.389. The van der Waals surface area contributed by atoms with Crippen molar-refractivity contribution in [1.82, 2.24) is 19.8 Å². The summed E-state index contributed by atoms with van der Waals surface area (Å²) in [4.78, 5) is 14.5. The van der Waals surface area contributed by atoms with Gasteiger partial charge < -0.3 is 4.90 Å². The van der Waals surface area contributed by atoms with Crippen molar-refractivity contribution in [2.24, 2.45) is 0 Å². The number of aromatic nitrogens is 2. The molecule has 1 aromatic carbocycles. The Morgan fingerprint density at radius 1 is 1.14 bits per heavy atom. The Morgan fingerprint density at radius 3 is 2.57 bits per heavy atom. The van der Waals surface area contributed by atoms with Crippen LogP contribution >= 0.6 is 22.9 Å². The smallest absolute Gasteiger partial charge is 0.269 e. The number of piperidine rings is 1. The molecule has 1 amide bonds. The van der Waals surface area contributed by atoms with Crippen molar-refractivity contribution in [3.8, 4) is 0 Å². The number of nitrogens with zero attached hydrogens (tertiary/aromatic N) is 3. The lowest BCUT2D eigenvalue weighted by atomic mass is 10.1. The minimum absolute atomic E-state index is 0.119. The lowest BCUT2D eigenvalue weighted by Gasteiger charge is -2.26. The molecule has 28 heavy (non-hydrogen) atoms. The van der Waals surface area contributed by atoms with Crippen LogP contribution in [0.5, 0.6) is 0 Å². The molecule has 3 rings (SSSR count). The molecule has 1 saturated heterocycles. The Labute approximate surface area is 173 Å². The van der Waals surface area contributed by atoms with Crippen molar-refractivity contribution in [2.75, 3.05) is 31.5 Å². The molecule has 2 heterocycles. The molecule has 1 aliphatic heterocycles. The van der Waals surface area contributed by atoms with Crippen LogP contribution < -0.4 is 10.0 Å². The van der Waals surface area contributed by atoms with Crippen LogP contribution in [0.2, 0.25) is 5.02 Å². The number of carbonyl (C=O) groups excluding carboxylic acids is 1. The van der Waals surface area contributed by atoms with Gasteiger partial charge in [-0.2, -0.15) is 0 Å². The molecule has 0 bridgehead atoms. The van der Waals surface area contributed by atoms with Gasteiger partial charge in [0.25, 0.3) is 15.9 Å². The van der Waals surface area contributed by atoms with Crippen molar-refractivity contribution < 1.29 is 13.2 Å². The lowest BCUT2D eigenvalue weighted by molar-refractivity contribution is 0.102. The third-order valence-electron chi connectivity index (χ3n) is 4.36. The molecule has 0 saturated carbocycles. The number of sulfonamides is 1. The molecule has 0 unspecified atom stereocenters. The van der Waals surface area contributed by atoms with E-state index in [0.717, 1.165) is 37.4 Å². The number of hydrogen-bond donors (Lipinski definition) is 2. The summed E-state index contributed by atoms with van der Waals surface area (Å²) in [6.07, 6.45) is 4.43. The predicted octanol–water partition coefficient (Wildman–Crippen LogP) is 2.60. The van der Waals surface area contributed by atoms with Gasteiger partial charge in [0.1, 0.15) is 0 Å². The maximum atomic E-state index is 12.3. The first-order chi connectivity index (χ1) is 13.4. The maximum Gasteiger partial charge on any atom is 0.269 e. The highest BCUT2D eigenvalue weighted by molar-refractivity contribution is 7.91. The van der Waals surface area contributed by atoms with Crippen molar-refractivity contribution in [3.05, 3.63) is 34.9 Å². The highest BCUT2D eigenvalue weighted by atomic mass is 35.5. The van der Waals surface area contributed by atoms with Crippen LogP contribution in [0.4, 0.5) is 5.13 Å². The average molecular weight is 444 g/mol. The zero-order chi connectivity index (χ0) is 20.0. The van der Waals surface area contributed by atoms with Crippen molar-refractivity contribution >= 4 is 44.0 Å². The van der Waals surface area contributed by atoms with E-state index in [2.05, 4.69) is 25.1 Å². The number of hydrogen-bond acceptors (Lipinski definition) is 7. The Hall–Kier alpha value is -1.59. The van der Waals surface area contributed by atoms with Gasteiger partial charge in [0.15, 0.2) is 0 Å². The number of amides is 1. The fraction of sp³-hybridized carbons (Fsp3) is 0.471. The molecule has 11 heteroatoms. The van der Waals surface area contributed by atoms with Crippen LogP contribution in [0.25, 0.3) is 0 Å². The zero-order valence-corrected chi connectivity index (χ0v) is 17.6. The summed E-state index contributed by atoms with van der Waals surface area (Å²) in [6.45, 7) is 3.38. The van der Waals surface area contributed by atoms with E-state index in [1.165, 1.54) is 19.3 Å². The van der Waals surface area contributed by atoms with Crippen molar-refractivity contribution in [3.63, 3.8) is 0 Å². The second-order valence-electron chi connectivity index (χ2n) is 6.49. The Bertz CT molecular complexity index is 896. The molecule has 152 valence electrons. The first-order valence-corrected chi connectivity index (χ1v) is 11.7. The van der Waals surface area contributed by atoms with Crippen LogP contribution in [0.15, 0.2) is 28.6 Å². The number of halogens is 1. The third kappa shape index (κ3) is 5.95. The van der Waals surface area contributed by atoms with E-state index in [-0.39, 0.29) is 9.47 Å². The number of carbonyl (C=O) groups is 1. The Balaban J connectivity index is 1.50. The zero-order valence-electron chi connectivity index (χ0n) is 15.2. The van der Waals surface area contributed by atoms with Crippen LogP contribution in [-0.4, -0.2) is 55.6 Å². The summed E-state index contributed by atoms with van der Waals surface area (Å²) in [6, 6.07) is 6.33. The summed E-state index contributed by atoms with van der Waals surface area (Å²) in [7, 11) is -3.74. The van der Waals surface area contributed by atoms with E-state index in [9.17, 15) is 13.2 Å². The molecule has 0 aliphatic carbocycles. The second kappa shape index (κ2) is 9.75. The van der Waals surface area contributed by atoms with E-state index < -0.39 is 15.9 Å². The summed E-state index contributed by atoms with van der Waals surface area (Å²) in [5.74, 6) is -0.411. The monoisotopic (exact) mass is 443 g/mol. The summed E-state index contributed by atoms with van der Waals surface area (Å²) < 4.78 is 27.1. The van der Waals surface area contributed by atoms with Gasteiger partial charge in [-0.3, -0.25) is 10.1 Å². The number of rotatable bonds is 8. The van der Waals surface area contributed by atoms with Gasteiger partial charge in [-0.15, -0.1) is 10.2 Å². The van der Waals surface area contributed by atoms with Gasteiger partial charge in [-0.25, -0.2) is 13.1 Å². The van der Waals surface area contributed by atoms with E-state index in [1.807, 2.05) is 0 Å². The molecular weight excluding hydrogens is 422 g/mol. The lowest BCUT2D eigenvalue weighted by Crippen LogP contribution is -2.33. The van der Waals surface area contributed by atoms with Crippen LogP contribution in [-0.2, 0) is 10.0 Å². The first-order valence-electron chi connectivity index (χ1n) is 9.06. The van der Waals surface area contributed by atoms with E-state index in [4.69, 9.17) is 11.6 Å².